The second-order valence-corrected chi connectivity index (χ2v) is 5.94. The van der Waals surface area contributed by atoms with Crippen molar-refractivity contribution in [3.63, 3.8) is 0 Å². The van der Waals surface area contributed by atoms with Crippen LogP contribution in [-0.4, -0.2) is 26.7 Å². The van der Waals surface area contributed by atoms with Crippen LogP contribution in [0.3, 0.4) is 0 Å². The molecule has 0 spiro atoms. The fourth-order valence-corrected chi connectivity index (χ4v) is 3.58. The summed E-state index contributed by atoms with van der Waals surface area (Å²) in [7, 11) is 0. The number of pyridine rings is 1. The maximum atomic E-state index is 4.39. The maximum Gasteiger partial charge on any atom is 0.160 e. The summed E-state index contributed by atoms with van der Waals surface area (Å²) in [5.74, 6) is 1.64. The molecular weight excluding hydrogens is 280 g/mol. The Morgan fingerprint density at radius 1 is 1.29 bits per heavy atom. The van der Waals surface area contributed by atoms with E-state index in [0.29, 0.717) is 18.0 Å². The van der Waals surface area contributed by atoms with Gasteiger partial charge in [0, 0.05) is 28.7 Å². The van der Waals surface area contributed by atoms with Crippen molar-refractivity contribution >= 4 is 21.6 Å². The van der Waals surface area contributed by atoms with Gasteiger partial charge in [-0.25, -0.2) is 0 Å². The number of aromatic nitrogens is 3. The van der Waals surface area contributed by atoms with Crippen LogP contribution in [0.15, 0.2) is 22.8 Å². The van der Waals surface area contributed by atoms with E-state index >= 15 is 0 Å². The molecule has 4 nitrogen and oxygen atoms in total. The third-order valence-electron chi connectivity index (χ3n) is 4.02. The minimum absolute atomic E-state index is 0.526. The molecule has 2 saturated heterocycles. The van der Waals surface area contributed by atoms with Gasteiger partial charge in [0.1, 0.15) is 5.82 Å². The van der Waals surface area contributed by atoms with Crippen LogP contribution in [0, 0.1) is 0 Å². The van der Waals surface area contributed by atoms with Crippen molar-refractivity contribution in [2.45, 2.75) is 37.3 Å². The zero-order chi connectivity index (χ0) is 11.4. The number of fused-ring (bicyclic) bond motifs is 3. The third kappa shape index (κ3) is 1.45. The van der Waals surface area contributed by atoms with Crippen molar-refractivity contribution in [1.29, 1.82) is 0 Å². The van der Waals surface area contributed by atoms with Gasteiger partial charge >= 0.3 is 0 Å². The van der Waals surface area contributed by atoms with E-state index in [1.54, 1.807) is 0 Å². The Balaban J connectivity index is 1.83. The van der Waals surface area contributed by atoms with Crippen LogP contribution in [0.1, 0.15) is 31.0 Å². The summed E-state index contributed by atoms with van der Waals surface area (Å²) in [6.07, 6.45) is 5.87. The van der Waals surface area contributed by atoms with Gasteiger partial charge in [-0.05, 0) is 47.3 Å². The summed E-state index contributed by atoms with van der Waals surface area (Å²) in [5.41, 5.74) is 0.936. The largest absolute Gasteiger partial charge is 0.310 e. The quantitative estimate of drug-likeness (QED) is 0.875. The van der Waals surface area contributed by atoms with Gasteiger partial charge in [0.05, 0.1) is 0 Å². The van der Waals surface area contributed by atoms with Crippen LogP contribution in [0.2, 0.25) is 0 Å². The third-order valence-corrected chi connectivity index (χ3v) is 4.49. The number of hydrogen-bond acceptors (Lipinski definition) is 3. The molecule has 4 rings (SSSR count). The lowest BCUT2D eigenvalue weighted by molar-refractivity contribution is 0.483. The maximum absolute atomic E-state index is 4.39. The first kappa shape index (κ1) is 10.0. The zero-order valence-corrected chi connectivity index (χ0v) is 10.9. The molecule has 2 fully saturated rings. The van der Waals surface area contributed by atoms with Crippen molar-refractivity contribution in [3.8, 4) is 0 Å². The van der Waals surface area contributed by atoms with E-state index < -0.39 is 0 Å². The van der Waals surface area contributed by atoms with Crippen LogP contribution < -0.4 is 5.32 Å². The molecule has 0 amide bonds. The van der Waals surface area contributed by atoms with Gasteiger partial charge < -0.3 is 5.32 Å². The van der Waals surface area contributed by atoms with E-state index in [2.05, 4.69) is 42.0 Å². The molecule has 0 radical (unpaired) electrons. The van der Waals surface area contributed by atoms with Crippen molar-refractivity contribution in [2.24, 2.45) is 0 Å². The summed E-state index contributed by atoms with van der Waals surface area (Å²) in [4.78, 5) is 0. The van der Waals surface area contributed by atoms with Crippen molar-refractivity contribution in [3.05, 3.63) is 28.6 Å². The second-order valence-electron chi connectivity index (χ2n) is 5.02. The molecular formula is C12H13BrN4. The Kier molecular flexibility index (Phi) is 2.08. The SMILES string of the molecule is Brc1ccc2nnc(C3CC4CCC3N4)n2c1. The molecule has 2 bridgehead atoms. The highest BCUT2D eigenvalue weighted by molar-refractivity contribution is 9.10. The van der Waals surface area contributed by atoms with E-state index in [9.17, 15) is 0 Å². The highest BCUT2D eigenvalue weighted by Gasteiger charge is 2.41. The molecule has 0 saturated carbocycles. The van der Waals surface area contributed by atoms with E-state index in [-0.39, 0.29) is 0 Å². The lowest BCUT2D eigenvalue weighted by atomic mass is 9.88. The molecule has 5 heteroatoms. The fourth-order valence-electron chi connectivity index (χ4n) is 3.24. The lowest BCUT2D eigenvalue weighted by Gasteiger charge is -2.18. The van der Waals surface area contributed by atoms with Crippen molar-refractivity contribution in [2.75, 3.05) is 0 Å². The van der Waals surface area contributed by atoms with Gasteiger partial charge in [-0.15, -0.1) is 10.2 Å². The molecule has 2 aromatic rings. The average Bonchev–Trinajstić information content (AvgIpc) is 3.01. The summed E-state index contributed by atoms with van der Waals surface area (Å²) in [6, 6.07) is 5.31. The second kappa shape index (κ2) is 3.53. The van der Waals surface area contributed by atoms with E-state index in [1.165, 1.54) is 19.3 Å². The molecule has 2 aliphatic rings. The molecule has 3 atom stereocenters. The number of nitrogens with one attached hydrogen (secondary N) is 1. The van der Waals surface area contributed by atoms with E-state index in [4.69, 9.17) is 0 Å². The van der Waals surface area contributed by atoms with Gasteiger partial charge in [-0.3, -0.25) is 4.40 Å². The predicted octanol–water partition coefficient (Wildman–Crippen LogP) is 2.10. The van der Waals surface area contributed by atoms with Crippen LogP contribution in [0.5, 0.6) is 0 Å². The Morgan fingerprint density at radius 2 is 2.24 bits per heavy atom. The number of halogens is 1. The van der Waals surface area contributed by atoms with Crippen LogP contribution in [-0.2, 0) is 0 Å². The van der Waals surface area contributed by atoms with E-state index in [0.717, 1.165) is 15.9 Å². The lowest BCUT2D eigenvalue weighted by Crippen LogP contribution is -2.22. The Hall–Kier alpha value is -0.940. The summed E-state index contributed by atoms with van der Waals surface area (Å²) < 4.78 is 3.19. The molecule has 0 aliphatic carbocycles. The Bertz CT molecular complexity index is 579. The predicted molar refractivity (Wildman–Crippen MR) is 68.0 cm³/mol. The first-order chi connectivity index (χ1) is 8.31. The summed E-state index contributed by atoms with van der Waals surface area (Å²) in [6.45, 7) is 0. The number of nitrogens with zero attached hydrogens (tertiary/aromatic N) is 3. The molecule has 0 aromatic carbocycles. The minimum atomic E-state index is 0.526. The first-order valence-corrected chi connectivity index (χ1v) is 6.87. The van der Waals surface area contributed by atoms with Gasteiger partial charge in [0.15, 0.2) is 5.65 Å². The molecule has 1 N–H and O–H groups in total. The number of rotatable bonds is 1. The van der Waals surface area contributed by atoms with Crippen molar-refractivity contribution < 1.29 is 0 Å². The van der Waals surface area contributed by atoms with Crippen LogP contribution in [0.4, 0.5) is 0 Å². The highest BCUT2D eigenvalue weighted by atomic mass is 79.9. The smallest absolute Gasteiger partial charge is 0.160 e. The van der Waals surface area contributed by atoms with Crippen molar-refractivity contribution in [1.82, 2.24) is 19.9 Å². The molecule has 2 aliphatic heterocycles. The Labute approximate surface area is 108 Å². The van der Waals surface area contributed by atoms with Crippen LogP contribution in [0.25, 0.3) is 5.65 Å². The monoisotopic (exact) mass is 292 g/mol. The normalized spacial score (nSPS) is 31.5. The van der Waals surface area contributed by atoms with Crippen LogP contribution >= 0.6 is 15.9 Å². The standard InChI is InChI=1S/C12H13BrN4/c13-7-1-4-11-15-16-12(17(11)6-7)9-5-8-2-3-10(9)14-8/h1,4,6,8-10,14H,2-3,5H2. The van der Waals surface area contributed by atoms with Gasteiger partial charge in [0.25, 0.3) is 0 Å². The highest BCUT2D eigenvalue weighted by Crippen LogP contribution is 2.39. The average molecular weight is 293 g/mol. The topological polar surface area (TPSA) is 42.2 Å². The summed E-state index contributed by atoms with van der Waals surface area (Å²) >= 11 is 3.51. The molecule has 17 heavy (non-hydrogen) atoms. The fraction of sp³-hybridized carbons (Fsp3) is 0.500. The molecule has 88 valence electrons. The summed E-state index contributed by atoms with van der Waals surface area (Å²) in [5, 5.41) is 12.3. The van der Waals surface area contributed by atoms with E-state index in [1.807, 2.05) is 12.1 Å². The molecule has 4 heterocycles. The van der Waals surface area contributed by atoms with Gasteiger partial charge in [-0.1, -0.05) is 0 Å². The number of hydrogen-bond donors (Lipinski definition) is 1. The van der Waals surface area contributed by atoms with Gasteiger partial charge in [0.2, 0.25) is 0 Å². The molecule has 3 unspecified atom stereocenters. The Morgan fingerprint density at radius 3 is 3.00 bits per heavy atom. The first-order valence-electron chi connectivity index (χ1n) is 6.07. The molecule has 2 aromatic heterocycles. The van der Waals surface area contributed by atoms with Gasteiger partial charge in [-0.2, -0.15) is 0 Å². The zero-order valence-electron chi connectivity index (χ0n) is 9.31. The minimum Gasteiger partial charge on any atom is -0.310 e.